The second kappa shape index (κ2) is 4.82. The standard InChI is InChI=1S/C13H9N3O5/c1-7-14-15-10(20-7)6-11(17)21-16-12(18)8-4-2-3-5-9(8)13(16)19/h2-5H,6H2,1H3. The van der Waals surface area contributed by atoms with Crippen molar-refractivity contribution in [3.63, 3.8) is 0 Å². The minimum absolute atomic E-state index is 0.0501. The van der Waals surface area contributed by atoms with Crippen molar-refractivity contribution >= 4 is 17.8 Å². The average molecular weight is 287 g/mol. The maximum absolute atomic E-state index is 12.0. The van der Waals surface area contributed by atoms with Crippen molar-refractivity contribution in [2.45, 2.75) is 13.3 Å². The number of imide groups is 1. The summed E-state index contributed by atoms with van der Waals surface area (Å²) in [6.07, 6.45) is -0.325. The molecule has 0 atom stereocenters. The molecule has 1 aliphatic rings. The molecule has 2 amide bonds. The fraction of sp³-hybridized carbons (Fsp3) is 0.154. The van der Waals surface area contributed by atoms with Crippen molar-refractivity contribution in [2.24, 2.45) is 0 Å². The van der Waals surface area contributed by atoms with Gasteiger partial charge in [-0.2, -0.15) is 0 Å². The van der Waals surface area contributed by atoms with Gasteiger partial charge in [0.1, 0.15) is 6.42 Å². The van der Waals surface area contributed by atoms with Crippen molar-refractivity contribution in [3.8, 4) is 0 Å². The van der Waals surface area contributed by atoms with Gasteiger partial charge in [-0.05, 0) is 12.1 Å². The summed E-state index contributed by atoms with van der Waals surface area (Å²) in [5.41, 5.74) is 0.396. The lowest BCUT2D eigenvalue weighted by atomic mass is 10.1. The molecule has 0 aliphatic carbocycles. The molecule has 1 aliphatic heterocycles. The topological polar surface area (TPSA) is 103 Å². The van der Waals surface area contributed by atoms with Gasteiger partial charge >= 0.3 is 5.97 Å². The van der Waals surface area contributed by atoms with Crippen LogP contribution >= 0.6 is 0 Å². The first-order valence-electron chi connectivity index (χ1n) is 6.04. The molecule has 1 aromatic heterocycles. The first-order valence-corrected chi connectivity index (χ1v) is 6.04. The Labute approximate surface area is 118 Å². The molecular weight excluding hydrogens is 278 g/mol. The molecule has 0 N–H and O–H groups in total. The molecule has 0 saturated heterocycles. The van der Waals surface area contributed by atoms with Crippen LogP contribution in [0.3, 0.4) is 0 Å². The third kappa shape index (κ3) is 2.27. The van der Waals surface area contributed by atoms with E-state index in [4.69, 9.17) is 9.25 Å². The molecule has 0 fully saturated rings. The molecule has 2 aromatic rings. The van der Waals surface area contributed by atoms with Gasteiger partial charge in [0.05, 0.1) is 11.1 Å². The van der Waals surface area contributed by atoms with E-state index in [1.165, 1.54) is 12.1 Å². The largest absolute Gasteiger partial charge is 0.425 e. The Balaban J connectivity index is 1.73. The van der Waals surface area contributed by atoms with Gasteiger partial charge in [-0.15, -0.1) is 10.2 Å². The van der Waals surface area contributed by atoms with Crippen molar-refractivity contribution < 1.29 is 23.6 Å². The summed E-state index contributed by atoms with van der Waals surface area (Å²) in [5.74, 6) is -1.84. The van der Waals surface area contributed by atoms with Gasteiger partial charge in [0.15, 0.2) is 0 Å². The first-order chi connectivity index (χ1) is 10.1. The lowest BCUT2D eigenvalue weighted by Gasteiger charge is -2.11. The van der Waals surface area contributed by atoms with Crippen LogP contribution in [0.2, 0.25) is 0 Å². The summed E-state index contributed by atoms with van der Waals surface area (Å²) in [6.45, 7) is 1.58. The van der Waals surface area contributed by atoms with Crippen LogP contribution in [0.4, 0.5) is 0 Å². The monoisotopic (exact) mass is 287 g/mol. The van der Waals surface area contributed by atoms with E-state index in [0.29, 0.717) is 11.0 Å². The van der Waals surface area contributed by atoms with E-state index in [2.05, 4.69) is 10.2 Å². The van der Waals surface area contributed by atoms with E-state index in [0.717, 1.165) is 0 Å². The Kier molecular flexibility index (Phi) is 2.98. The predicted molar refractivity (Wildman–Crippen MR) is 65.8 cm³/mol. The van der Waals surface area contributed by atoms with E-state index in [1.807, 2.05) is 0 Å². The smallest absolute Gasteiger partial charge is 0.342 e. The van der Waals surface area contributed by atoms with Crippen LogP contribution in [0.25, 0.3) is 0 Å². The molecule has 2 heterocycles. The first kappa shape index (κ1) is 13.0. The number of rotatable bonds is 3. The van der Waals surface area contributed by atoms with Gasteiger partial charge < -0.3 is 9.25 Å². The molecule has 0 spiro atoms. The molecule has 0 unspecified atom stereocenters. The minimum atomic E-state index is -0.840. The van der Waals surface area contributed by atoms with E-state index in [-0.39, 0.29) is 23.4 Å². The van der Waals surface area contributed by atoms with Crippen molar-refractivity contribution in [3.05, 3.63) is 47.2 Å². The number of hydrogen-bond donors (Lipinski definition) is 0. The maximum Gasteiger partial charge on any atom is 0.342 e. The van der Waals surface area contributed by atoms with Crippen molar-refractivity contribution in [1.29, 1.82) is 0 Å². The zero-order chi connectivity index (χ0) is 15.0. The SMILES string of the molecule is Cc1nnc(CC(=O)ON2C(=O)c3ccccc3C2=O)o1. The molecule has 0 radical (unpaired) electrons. The van der Waals surface area contributed by atoms with E-state index >= 15 is 0 Å². The fourth-order valence-electron chi connectivity index (χ4n) is 1.92. The summed E-state index contributed by atoms with van der Waals surface area (Å²) in [4.78, 5) is 40.5. The molecule has 8 nitrogen and oxygen atoms in total. The molecule has 106 valence electrons. The van der Waals surface area contributed by atoms with Crippen LogP contribution in [-0.4, -0.2) is 33.0 Å². The van der Waals surface area contributed by atoms with Crippen molar-refractivity contribution in [1.82, 2.24) is 15.3 Å². The Morgan fingerprint density at radius 3 is 2.33 bits per heavy atom. The highest BCUT2D eigenvalue weighted by Crippen LogP contribution is 2.22. The van der Waals surface area contributed by atoms with E-state index in [9.17, 15) is 14.4 Å². The van der Waals surface area contributed by atoms with E-state index < -0.39 is 17.8 Å². The van der Waals surface area contributed by atoms with Crippen LogP contribution in [0.1, 0.15) is 32.5 Å². The molecular formula is C13H9N3O5. The second-order valence-corrected chi connectivity index (χ2v) is 4.31. The normalized spacial score (nSPS) is 13.5. The fourth-order valence-corrected chi connectivity index (χ4v) is 1.92. The van der Waals surface area contributed by atoms with Crippen LogP contribution in [-0.2, 0) is 16.1 Å². The Morgan fingerprint density at radius 1 is 1.19 bits per heavy atom. The third-order valence-electron chi connectivity index (χ3n) is 2.81. The molecule has 3 rings (SSSR count). The number of hydrogen-bond acceptors (Lipinski definition) is 7. The molecule has 0 saturated carbocycles. The lowest BCUT2D eigenvalue weighted by molar-refractivity contribution is -0.168. The van der Waals surface area contributed by atoms with Gasteiger partial charge in [-0.25, -0.2) is 4.79 Å². The number of carbonyl (C=O) groups is 3. The van der Waals surface area contributed by atoms with Gasteiger partial charge in [0.25, 0.3) is 11.8 Å². The Hall–Kier alpha value is -3.03. The minimum Gasteiger partial charge on any atom is -0.425 e. The summed E-state index contributed by atoms with van der Waals surface area (Å²) in [6, 6.07) is 6.22. The van der Waals surface area contributed by atoms with E-state index in [1.54, 1.807) is 19.1 Å². The van der Waals surface area contributed by atoms with Gasteiger partial charge in [-0.3, -0.25) is 9.59 Å². The highest BCUT2D eigenvalue weighted by atomic mass is 16.7. The van der Waals surface area contributed by atoms with Crippen LogP contribution in [0.15, 0.2) is 28.7 Å². The number of carbonyl (C=O) groups excluding carboxylic acids is 3. The average Bonchev–Trinajstić information content (AvgIpc) is 2.97. The highest BCUT2D eigenvalue weighted by Gasteiger charge is 2.38. The third-order valence-corrected chi connectivity index (χ3v) is 2.81. The number of aryl methyl sites for hydroxylation is 1. The number of aromatic nitrogens is 2. The molecule has 0 bridgehead atoms. The number of nitrogens with zero attached hydrogens (tertiary/aromatic N) is 3. The number of amides is 2. The number of fused-ring (bicyclic) bond motifs is 1. The molecule has 8 heteroatoms. The van der Waals surface area contributed by atoms with Gasteiger partial charge in [0, 0.05) is 6.92 Å². The van der Waals surface area contributed by atoms with Crippen LogP contribution in [0.5, 0.6) is 0 Å². The van der Waals surface area contributed by atoms with Crippen molar-refractivity contribution in [2.75, 3.05) is 0 Å². The summed E-state index contributed by atoms with van der Waals surface area (Å²) >= 11 is 0. The van der Waals surface area contributed by atoms with Crippen LogP contribution < -0.4 is 0 Å². The van der Waals surface area contributed by atoms with Gasteiger partial charge in [0.2, 0.25) is 11.8 Å². The highest BCUT2D eigenvalue weighted by molar-refractivity contribution is 6.20. The lowest BCUT2D eigenvalue weighted by Crippen LogP contribution is -2.33. The number of hydroxylamine groups is 2. The molecule has 1 aromatic carbocycles. The predicted octanol–water partition coefficient (Wildman–Crippen LogP) is 0.675. The maximum atomic E-state index is 12.0. The summed E-state index contributed by atoms with van der Waals surface area (Å²) in [5, 5.41) is 7.63. The quantitative estimate of drug-likeness (QED) is 0.764. The molecule has 21 heavy (non-hydrogen) atoms. The number of benzene rings is 1. The Bertz CT molecular complexity index is 717. The summed E-state index contributed by atoms with van der Waals surface area (Å²) < 4.78 is 5.02. The Morgan fingerprint density at radius 2 is 1.81 bits per heavy atom. The zero-order valence-corrected chi connectivity index (χ0v) is 10.9. The zero-order valence-electron chi connectivity index (χ0n) is 10.9. The summed E-state index contributed by atoms with van der Waals surface area (Å²) in [7, 11) is 0. The van der Waals surface area contributed by atoms with Gasteiger partial charge in [-0.1, -0.05) is 17.2 Å². The van der Waals surface area contributed by atoms with Crippen LogP contribution in [0, 0.1) is 6.92 Å². The second-order valence-electron chi connectivity index (χ2n) is 4.31.